The molecule has 1 unspecified atom stereocenters. The average molecular weight is 237 g/mol. The Balaban J connectivity index is 2.08. The highest BCUT2D eigenvalue weighted by Crippen LogP contribution is 2.25. The molecule has 0 heterocycles. The summed E-state index contributed by atoms with van der Waals surface area (Å²) in [6, 6.07) is 8.25. The molecule has 0 radical (unpaired) electrons. The van der Waals surface area contributed by atoms with E-state index in [1.165, 1.54) is 24.0 Å². The predicted octanol–water partition coefficient (Wildman–Crippen LogP) is 3.96. The minimum atomic E-state index is 0.231. The summed E-state index contributed by atoms with van der Waals surface area (Å²) in [5, 5.41) is 0.231. The van der Waals surface area contributed by atoms with Gasteiger partial charge in [-0.25, -0.2) is 0 Å². The van der Waals surface area contributed by atoms with Gasteiger partial charge in [0, 0.05) is 0 Å². The second-order valence-corrected chi connectivity index (χ2v) is 4.82. The lowest BCUT2D eigenvalue weighted by atomic mass is 9.94. The van der Waals surface area contributed by atoms with Crippen molar-refractivity contribution < 1.29 is 4.74 Å². The van der Waals surface area contributed by atoms with Gasteiger partial charge in [-0.3, -0.25) is 0 Å². The van der Waals surface area contributed by atoms with E-state index in [4.69, 9.17) is 16.3 Å². The number of ether oxygens (including phenoxy) is 1. The highest BCUT2D eigenvalue weighted by atomic mass is 35.5. The Morgan fingerprint density at radius 3 is 3.06 bits per heavy atom. The van der Waals surface area contributed by atoms with Gasteiger partial charge < -0.3 is 4.74 Å². The lowest BCUT2D eigenvalue weighted by Gasteiger charge is -2.16. The van der Waals surface area contributed by atoms with Crippen molar-refractivity contribution in [2.75, 3.05) is 7.11 Å². The van der Waals surface area contributed by atoms with Gasteiger partial charge in [0.1, 0.15) is 5.75 Å². The van der Waals surface area contributed by atoms with Crippen molar-refractivity contribution in [2.45, 2.75) is 31.1 Å². The minimum absolute atomic E-state index is 0.231. The van der Waals surface area contributed by atoms with E-state index in [-0.39, 0.29) is 5.38 Å². The topological polar surface area (TPSA) is 9.23 Å². The summed E-state index contributed by atoms with van der Waals surface area (Å²) in [5.74, 6) is 0.927. The SMILES string of the molecule is COc1cccc(CC2=CC(Cl)CCC2)c1. The van der Waals surface area contributed by atoms with Gasteiger partial charge in [0.2, 0.25) is 0 Å². The van der Waals surface area contributed by atoms with Gasteiger partial charge in [0.15, 0.2) is 0 Å². The van der Waals surface area contributed by atoms with Crippen LogP contribution >= 0.6 is 11.6 Å². The molecule has 0 bridgehead atoms. The Morgan fingerprint density at radius 2 is 2.31 bits per heavy atom. The summed E-state index contributed by atoms with van der Waals surface area (Å²) in [5.41, 5.74) is 2.76. The molecule has 1 aromatic rings. The van der Waals surface area contributed by atoms with Gasteiger partial charge in [0.05, 0.1) is 12.5 Å². The third-order valence-electron chi connectivity index (χ3n) is 2.96. The molecule has 86 valence electrons. The van der Waals surface area contributed by atoms with Gasteiger partial charge in [-0.2, -0.15) is 0 Å². The lowest BCUT2D eigenvalue weighted by Crippen LogP contribution is -2.05. The summed E-state index contributed by atoms with van der Waals surface area (Å²) >= 11 is 6.14. The van der Waals surface area contributed by atoms with Crippen molar-refractivity contribution in [3.63, 3.8) is 0 Å². The predicted molar refractivity (Wildman–Crippen MR) is 68.3 cm³/mol. The first-order valence-corrected chi connectivity index (χ1v) is 6.18. The molecular weight excluding hydrogens is 220 g/mol. The van der Waals surface area contributed by atoms with Gasteiger partial charge >= 0.3 is 0 Å². The van der Waals surface area contributed by atoms with Crippen LogP contribution in [0, 0.1) is 0 Å². The first-order chi connectivity index (χ1) is 7.78. The number of hydrogen-bond acceptors (Lipinski definition) is 1. The molecule has 0 saturated carbocycles. The third-order valence-corrected chi connectivity index (χ3v) is 3.30. The van der Waals surface area contributed by atoms with E-state index >= 15 is 0 Å². The molecule has 16 heavy (non-hydrogen) atoms. The number of methoxy groups -OCH3 is 1. The molecule has 1 aliphatic rings. The van der Waals surface area contributed by atoms with Crippen LogP contribution in [0.5, 0.6) is 5.75 Å². The largest absolute Gasteiger partial charge is 0.497 e. The normalized spacial score (nSPS) is 20.4. The fraction of sp³-hybridized carbons (Fsp3) is 0.429. The molecule has 0 saturated heterocycles. The Kier molecular flexibility index (Phi) is 3.89. The Hall–Kier alpha value is -0.950. The zero-order valence-corrected chi connectivity index (χ0v) is 10.3. The molecular formula is C14H17ClO. The van der Waals surface area contributed by atoms with Crippen molar-refractivity contribution in [1.29, 1.82) is 0 Å². The molecule has 1 nitrogen and oxygen atoms in total. The maximum atomic E-state index is 6.14. The van der Waals surface area contributed by atoms with Gasteiger partial charge in [-0.1, -0.05) is 23.8 Å². The summed E-state index contributed by atoms with van der Waals surface area (Å²) in [7, 11) is 1.70. The van der Waals surface area contributed by atoms with Gasteiger partial charge in [-0.15, -0.1) is 11.6 Å². The van der Waals surface area contributed by atoms with E-state index in [1.807, 2.05) is 12.1 Å². The second kappa shape index (κ2) is 5.40. The Morgan fingerprint density at radius 1 is 1.44 bits per heavy atom. The summed E-state index contributed by atoms with van der Waals surface area (Å²) in [4.78, 5) is 0. The number of alkyl halides is 1. The van der Waals surface area contributed by atoms with Crippen LogP contribution < -0.4 is 4.74 Å². The molecule has 0 fully saturated rings. The first kappa shape index (κ1) is 11.5. The number of rotatable bonds is 3. The van der Waals surface area contributed by atoms with Crippen molar-refractivity contribution in [3.8, 4) is 5.75 Å². The van der Waals surface area contributed by atoms with Crippen LogP contribution in [0.2, 0.25) is 0 Å². The van der Waals surface area contributed by atoms with Crippen LogP contribution in [0.15, 0.2) is 35.9 Å². The molecule has 1 atom stereocenters. The number of halogens is 1. The van der Waals surface area contributed by atoms with E-state index < -0.39 is 0 Å². The maximum Gasteiger partial charge on any atom is 0.119 e. The van der Waals surface area contributed by atoms with Crippen molar-refractivity contribution >= 4 is 11.6 Å². The summed E-state index contributed by atoms with van der Waals surface area (Å²) in [6.07, 6.45) is 6.72. The highest BCUT2D eigenvalue weighted by Gasteiger charge is 2.11. The number of hydrogen-bond donors (Lipinski definition) is 0. The molecule has 1 aliphatic carbocycles. The monoisotopic (exact) mass is 236 g/mol. The molecule has 1 aromatic carbocycles. The Bertz CT molecular complexity index is 384. The molecule has 0 aromatic heterocycles. The molecule has 2 rings (SSSR count). The zero-order valence-electron chi connectivity index (χ0n) is 9.58. The lowest BCUT2D eigenvalue weighted by molar-refractivity contribution is 0.414. The fourth-order valence-electron chi connectivity index (χ4n) is 2.14. The van der Waals surface area contributed by atoms with E-state index in [1.54, 1.807) is 7.11 Å². The smallest absolute Gasteiger partial charge is 0.119 e. The molecule has 0 N–H and O–H groups in total. The summed E-state index contributed by atoms with van der Waals surface area (Å²) < 4.78 is 5.22. The first-order valence-electron chi connectivity index (χ1n) is 5.74. The Labute approximate surface area is 102 Å². The van der Waals surface area contributed by atoms with Crippen LogP contribution in [0.3, 0.4) is 0 Å². The van der Waals surface area contributed by atoms with Gasteiger partial charge in [0.25, 0.3) is 0 Å². The summed E-state index contributed by atoms with van der Waals surface area (Å²) in [6.45, 7) is 0. The van der Waals surface area contributed by atoms with Crippen LogP contribution in [-0.2, 0) is 6.42 Å². The molecule has 2 heteroatoms. The van der Waals surface area contributed by atoms with Crippen LogP contribution in [0.1, 0.15) is 24.8 Å². The number of allylic oxidation sites excluding steroid dienone is 2. The van der Waals surface area contributed by atoms with E-state index in [0.717, 1.165) is 18.6 Å². The highest BCUT2D eigenvalue weighted by molar-refractivity contribution is 6.21. The number of benzene rings is 1. The van der Waals surface area contributed by atoms with Crippen LogP contribution in [0.25, 0.3) is 0 Å². The molecule has 0 spiro atoms. The zero-order chi connectivity index (χ0) is 11.4. The van der Waals surface area contributed by atoms with Crippen molar-refractivity contribution in [3.05, 3.63) is 41.5 Å². The van der Waals surface area contributed by atoms with Crippen molar-refractivity contribution in [1.82, 2.24) is 0 Å². The molecule has 0 amide bonds. The van der Waals surface area contributed by atoms with E-state index in [2.05, 4.69) is 18.2 Å². The van der Waals surface area contributed by atoms with Crippen LogP contribution in [-0.4, -0.2) is 12.5 Å². The van der Waals surface area contributed by atoms with Crippen LogP contribution in [0.4, 0.5) is 0 Å². The standard InChI is InChI=1S/C14H17ClO/c1-16-14-7-3-5-12(10-14)8-11-4-2-6-13(15)9-11/h3,5,7,9-10,13H,2,4,6,8H2,1H3. The van der Waals surface area contributed by atoms with E-state index in [0.29, 0.717) is 0 Å². The average Bonchev–Trinajstić information content (AvgIpc) is 2.29. The third kappa shape index (κ3) is 3.02. The van der Waals surface area contributed by atoms with E-state index in [9.17, 15) is 0 Å². The van der Waals surface area contributed by atoms with Gasteiger partial charge in [-0.05, 0) is 43.4 Å². The minimum Gasteiger partial charge on any atom is -0.497 e. The fourth-order valence-corrected chi connectivity index (χ4v) is 2.47. The van der Waals surface area contributed by atoms with Crippen molar-refractivity contribution in [2.24, 2.45) is 0 Å². The second-order valence-electron chi connectivity index (χ2n) is 4.26. The quantitative estimate of drug-likeness (QED) is 0.570. The maximum absolute atomic E-state index is 6.14. The molecule has 0 aliphatic heterocycles.